The molecule has 4 heteroatoms. The molecule has 0 amide bonds. The minimum absolute atomic E-state index is 0.164. The number of aromatic nitrogens is 2. The Bertz CT molecular complexity index is 1060. The van der Waals surface area contributed by atoms with Gasteiger partial charge in [-0.05, 0) is 22.8 Å². The molecule has 0 saturated carbocycles. The van der Waals surface area contributed by atoms with Crippen LogP contribution in [0.1, 0.15) is 17.4 Å². The molecule has 27 heavy (non-hydrogen) atoms. The second-order valence-corrected chi connectivity index (χ2v) is 7.05. The number of nitrogens with zero attached hydrogens (tertiary/aromatic N) is 2. The van der Waals surface area contributed by atoms with E-state index in [9.17, 15) is 0 Å². The van der Waals surface area contributed by atoms with Crippen molar-refractivity contribution < 1.29 is 4.74 Å². The predicted molar refractivity (Wildman–Crippen MR) is 106 cm³/mol. The van der Waals surface area contributed by atoms with Gasteiger partial charge in [0.2, 0.25) is 0 Å². The SMILES string of the molecule is Clc1ccccc1C1(c2ccc(-c3ccccc3)cc2)OC1n1ccnc1. The summed E-state index contributed by atoms with van der Waals surface area (Å²) in [5.74, 6) is 0. The van der Waals surface area contributed by atoms with E-state index in [4.69, 9.17) is 16.3 Å². The summed E-state index contributed by atoms with van der Waals surface area (Å²) in [4.78, 5) is 4.16. The molecule has 2 atom stereocenters. The Kier molecular flexibility index (Phi) is 3.85. The second kappa shape index (κ2) is 6.38. The Hall–Kier alpha value is -2.88. The number of benzene rings is 3. The van der Waals surface area contributed by atoms with Crippen LogP contribution >= 0.6 is 11.6 Å². The van der Waals surface area contributed by atoms with E-state index in [0.717, 1.165) is 11.1 Å². The maximum Gasteiger partial charge on any atom is 0.174 e. The van der Waals surface area contributed by atoms with Gasteiger partial charge in [-0.25, -0.2) is 4.98 Å². The average molecular weight is 373 g/mol. The Morgan fingerprint density at radius 3 is 2.26 bits per heavy atom. The third kappa shape index (κ3) is 2.67. The molecule has 1 aliphatic rings. The first-order valence-electron chi connectivity index (χ1n) is 8.85. The van der Waals surface area contributed by atoms with Gasteiger partial charge in [-0.15, -0.1) is 0 Å². The van der Waals surface area contributed by atoms with Crippen molar-refractivity contribution in [1.82, 2.24) is 9.55 Å². The molecule has 0 N–H and O–H groups in total. The molecule has 2 heterocycles. The van der Waals surface area contributed by atoms with Crippen LogP contribution in [0, 0.1) is 0 Å². The highest BCUT2D eigenvalue weighted by Gasteiger charge is 2.61. The highest BCUT2D eigenvalue weighted by Crippen LogP contribution is 2.59. The van der Waals surface area contributed by atoms with E-state index in [-0.39, 0.29) is 6.23 Å². The van der Waals surface area contributed by atoms with Gasteiger partial charge in [-0.3, -0.25) is 0 Å². The predicted octanol–water partition coefficient (Wildman–Crippen LogP) is 5.68. The lowest BCUT2D eigenvalue weighted by molar-refractivity contribution is 0.304. The first kappa shape index (κ1) is 16.3. The second-order valence-electron chi connectivity index (χ2n) is 6.64. The Balaban J connectivity index is 1.59. The molecule has 1 aliphatic heterocycles. The summed E-state index contributed by atoms with van der Waals surface area (Å²) < 4.78 is 8.27. The monoisotopic (exact) mass is 372 g/mol. The first-order valence-corrected chi connectivity index (χ1v) is 9.23. The van der Waals surface area contributed by atoms with Crippen LogP contribution in [0.2, 0.25) is 5.02 Å². The van der Waals surface area contributed by atoms with E-state index < -0.39 is 5.60 Å². The van der Waals surface area contributed by atoms with Crippen molar-refractivity contribution in [2.75, 3.05) is 0 Å². The van der Waals surface area contributed by atoms with Crippen molar-refractivity contribution in [3.63, 3.8) is 0 Å². The normalized spacial score (nSPS) is 21.1. The lowest BCUT2D eigenvalue weighted by Gasteiger charge is -2.16. The van der Waals surface area contributed by atoms with E-state index >= 15 is 0 Å². The maximum absolute atomic E-state index is 6.55. The standard InChI is InChI=1S/C23H17ClN2O/c24-21-9-5-4-8-20(21)23(22(27-23)26-15-14-25-16-26)19-12-10-18(11-13-19)17-6-2-1-3-7-17/h1-16,22H. The van der Waals surface area contributed by atoms with Crippen LogP contribution in [-0.4, -0.2) is 9.55 Å². The fourth-order valence-electron chi connectivity index (χ4n) is 3.69. The minimum atomic E-state index is -0.603. The molecule has 0 bridgehead atoms. The van der Waals surface area contributed by atoms with Crippen LogP contribution in [0.25, 0.3) is 11.1 Å². The zero-order valence-electron chi connectivity index (χ0n) is 14.5. The molecule has 2 unspecified atom stereocenters. The lowest BCUT2D eigenvalue weighted by Crippen LogP contribution is -2.15. The van der Waals surface area contributed by atoms with E-state index in [0.29, 0.717) is 5.02 Å². The van der Waals surface area contributed by atoms with Crippen molar-refractivity contribution in [3.05, 3.63) is 114 Å². The first-order chi connectivity index (χ1) is 13.3. The average Bonchev–Trinajstić information content (AvgIpc) is 3.23. The molecule has 4 aromatic rings. The number of ether oxygens (including phenoxy) is 1. The van der Waals surface area contributed by atoms with Crippen molar-refractivity contribution in [2.24, 2.45) is 0 Å². The highest BCUT2D eigenvalue weighted by molar-refractivity contribution is 6.31. The van der Waals surface area contributed by atoms with Gasteiger partial charge in [0, 0.05) is 23.0 Å². The van der Waals surface area contributed by atoms with E-state index in [1.807, 2.05) is 53.2 Å². The van der Waals surface area contributed by atoms with Crippen molar-refractivity contribution in [2.45, 2.75) is 11.8 Å². The van der Waals surface area contributed by atoms with Gasteiger partial charge in [0.15, 0.2) is 11.8 Å². The van der Waals surface area contributed by atoms with Crippen LogP contribution < -0.4 is 0 Å². The van der Waals surface area contributed by atoms with Gasteiger partial charge in [-0.1, -0.05) is 84.4 Å². The summed E-state index contributed by atoms with van der Waals surface area (Å²) >= 11 is 6.55. The van der Waals surface area contributed by atoms with Crippen LogP contribution in [0.5, 0.6) is 0 Å². The summed E-state index contributed by atoms with van der Waals surface area (Å²) in [6.45, 7) is 0. The molecule has 3 aromatic carbocycles. The van der Waals surface area contributed by atoms with Gasteiger partial charge >= 0.3 is 0 Å². The van der Waals surface area contributed by atoms with Crippen LogP contribution in [0.3, 0.4) is 0 Å². The molecule has 0 aliphatic carbocycles. The van der Waals surface area contributed by atoms with Crippen LogP contribution in [0.4, 0.5) is 0 Å². The molecular weight excluding hydrogens is 356 g/mol. The fourth-order valence-corrected chi connectivity index (χ4v) is 3.96. The van der Waals surface area contributed by atoms with Gasteiger partial charge in [0.25, 0.3) is 0 Å². The summed E-state index contributed by atoms with van der Waals surface area (Å²) in [6, 6.07) is 26.7. The number of hydrogen-bond donors (Lipinski definition) is 0. The molecule has 3 nitrogen and oxygen atoms in total. The Morgan fingerprint density at radius 2 is 1.56 bits per heavy atom. The molecule has 1 aromatic heterocycles. The summed E-state index contributed by atoms with van der Waals surface area (Å²) in [5.41, 5.74) is 3.81. The minimum Gasteiger partial charge on any atom is -0.333 e. The molecule has 0 radical (unpaired) electrons. The summed E-state index contributed by atoms with van der Waals surface area (Å²) in [5, 5.41) is 0.701. The van der Waals surface area contributed by atoms with Gasteiger partial charge in [0.1, 0.15) is 0 Å². The number of hydrogen-bond acceptors (Lipinski definition) is 2. The van der Waals surface area contributed by atoms with Crippen molar-refractivity contribution in [3.8, 4) is 11.1 Å². The number of imidazole rings is 1. The molecule has 132 valence electrons. The molecular formula is C23H17ClN2O. The molecule has 0 spiro atoms. The summed E-state index contributed by atoms with van der Waals surface area (Å²) in [7, 11) is 0. The molecule has 5 rings (SSSR count). The zero-order valence-corrected chi connectivity index (χ0v) is 15.3. The van der Waals surface area contributed by atoms with E-state index in [1.54, 1.807) is 12.5 Å². The molecule has 1 saturated heterocycles. The van der Waals surface area contributed by atoms with Crippen LogP contribution in [0.15, 0.2) is 97.6 Å². The third-order valence-electron chi connectivity index (χ3n) is 5.08. The number of halogens is 1. The molecule has 1 fully saturated rings. The summed E-state index contributed by atoms with van der Waals surface area (Å²) in [6.07, 6.45) is 5.29. The fraction of sp³-hybridized carbons (Fsp3) is 0.0870. The van der Waals surface area contributed by atoms with Gasteiger partial charge < -0.3 is 9.30 Å². The zero-order chi connectivity index (χ0) is 18.3. The Morgan fingerprint density at radius 1 is 0.852 bits per heavy atom. The van der Waals surface area contributed by atoms with Crippen molar-refractivity contribution >= 4 is 11.6 Å². The third-order valence-corrected chi connectivity index (χ3v) is 5.41. The number of rotatable bonds is 4. The maximum atomic E-state index is 6.55. The lowest BCUT2D eigenvalue weighted by atomic mass is 9.89. The quantitative estimate of drug-likeness (QED) is 0.432. The van der Waals surface area contributed by atoms with Gasteiger partial charge in [-0.2, -0.15) is 0 Å². The topological polar surface area (TPSA) is 30.4 Å². The van der Waals surface area contributed by atoms with Crippen LogP contribution in [-0.2, 0) is 10.3 Å². The Labute approximate surface area is 162 Å². The van der Waals surface area contributed by atoms with E-state index in [2.05, 4.69) is 41.4 Å². The largest absolute Gasteiger partial charge is 0.333 e. The highest BCUT2D eigenvalue weighted by atomic mass is 35.5. The number of epoxide rings is 1. The van der Waals surface area contributed by atoms with Gasteiger partial charge in [0.05, 0.1) is 6.33 Å². The van der Waals surface area contributed by atoms with E-state index in [1.165, 1.54) is 11.1 Å². The van der Waals surface area contributed by atoms with Crippen molar-refractivity contribution in [1.29, 1.82) is 0 Å². The smallest absolute Gasteiger partial charge is 0.174 e.